The predicted molar refractivity (Wildman–Crippen MR) is 66.7 cm³/mol. The molecule has 18 heavy (non-hydrogen) atoms. The summed E-state index contributed by atoms with van der Waals surface area (Å²) in [5.41, 5.74) is 1.30. The van der Waals surface area contributed by atoms with Gasteiger partial charge < -0.3 is 4.74 Å². The van der Waals surface area contributed by atoms with Gasteiger partial charge in [0, 0.05) is 11.8 Å². The van der Waals surface area contributed by atoms with Crippen LogP contribution in [0.15, 0.2) is 11.6 Å². The molecule has 1 heterocycles. The molecule has 3 aliphatic rings. The Labute approximate surface area is 108 Å². The number of ketones is 1. The molecule has 98 valence electrons. The van der Waals surface area contributed by atoms with E-state index in [1.807, 2.05) is 19.9 Å². The van der Waals surface area contributed by atoms with E-state index in [2.05, 4.69) is 6.92 Å². The summed E-state index contributed by atoms with van der Waals surface area (Å²) in [6, 6.07) is 0. The van der Waals surface area contributed by atoms with Gasteiger partial charge in [-0.25, -0.2) is 0 Å². The Morgan fingerprint density at radius 1 is 1.11 bits per heavy atom. The highest BCUT2D eigenvalue weighted by molar-refractivity contribution is 5.95. The first-order chi connectivity index (χ1) is 8.49. The van der Waals surface area contributed by atoms with Crippen LogP contribution in [0.3, 0.4) is 0 Å². The van der Waals surface area contributed by atoms with Crippen LogP contribution >= 0.6 is 0 Å². The molecule has 3 rings (SSSR count). The van der Waals surface area contributed by atoms with E-state index in [-0.39, 0.29) is 29.7 Å². The lowest BCUT2D eigenvalue weighted by molar-refractivity contribution is -0.144. The van der Waals surface area contributed by atoms with Crippen molar-refractivity contribution in [1.82, 2.24) is 0 Å². The molecule has 1 saturated carbocycles. The van der Waals surface area contributed by atoms with Gasteiger partial charge in [0.05, 0.1) is 5.92 Å². The average Bonchev–Trinajstić information content (AvgIpc) is 2.68. The molecular formula is C15H20O3. The first kappa shape index (κ1) is 11.9. The predicted octanol–water partition coefficient (Wildman–Crippen LogP) is 2.36. The lowest BCUT2D eigenvalue weighted by atomic mass is 9.80. The van der Waals surface area contributed by atoms with Crippen LogP contribution in [0.2, 0.25) is 0 Å². The van der Waals surface area contributed by atoms with Gasteiger partial charge in [0.1, 0.15) is 6.10 Å². The fourth-order valence-electron chi connectivity index (χ4n) is 3.93. The SMILES string of the molecule is C[C@@H]1C(=O)C=C2[C@@H](C)C[C@H]3OC(=O)[C@H](C)[C@H]3C[C@@H]21. The molecule has 0 aromatic rings. The molecule has 3 nitrogen and oxygen atoms in total. The van der Waals surface area contributed by atoms with E-state index in [9.17, 15) is 9.59 Å². The van der Waals surface area contributed by atoms with Crippen molar-refractivity contribution in [1.29, 1.82) is 0 Å². The van der Waals surface area contributed by atoms with Crippen LogP contribution in [0.4, 0.5) is 0 Å². The standard InChI is InChI=1S/C15H20O3/c1-7-4-14-12(9(3)15(17)18-14)5-11-8(2)13(16)6-10(7)11/h6-9,11-12,14H,4-5H2,1-3H3/t7-,8-,9+,11+,12+,14+/m0/s1. The van der Waals surface area contributed by atoms with Gasteiger partial charge in [0.15, 0.2) is 5.78 Å². The van der Waals surface area contributed by atoms with Crippen LogP contribution in [-0.4, -0.2) is 17.9 Å². The first-order valence-corrected chi connectivity index (χ1v) is 6.95. The van der Waals surface area contributed by atoms with Crippen LogP contribution in [-0.2, 0) is 14.3 Å². The van der Waals surface area contributed by atoms with Crippen molar-refractivity contribution in [2.24, 2.45) is 29.6 Å². The summed E-state index contributed by atoms with van der Waals surface area (Å²) in [6.45, 7) is 6.14. The van der Waals surface area contributed by atoms with Crippen molar-refractivity contribution in [3.8, 4) is 0 Å². The number of hydrogen-bond donors (Lipinski definition) is 0. The zero-order chi connectivity index (χ0) is 13.0. The normalized spacial score (nSPS) is 47.2. The molecule has 0 aromatic heterocycles. The van der Waals surface area contributed by atoms with Gasteiger partial charge >= 0.3 is 5.97 Å². The third-order valence-corrected chi connectivity index (χ3v) is 5.23. The summed E-state index contributed by atoms with van der Waals surface area (Å²) in [7, 11) is 0. The summed E-state index contributed by atoms with van der Waals surface area (Å²) in [5, 5.41) is 0. The minimum absolute atomic E-state index is 0.00977. The van der Waals surface area contributed by atoms with Crippen molar-refractivity contribution in [2.45, 2.75) is 39.7 Å². The summed E-state index contributed by atoms with van der Waals surface area (Å²) in [6.07, 6.45) is 3.73. The number of carbonyl (C=O) groups excluding carboxylic acids is 2. The van der Waals surface area contributed by atoms with E-state index >= 15 is 0 Å². The number of fused-ring (bicyclic) bond motifs is 2. The monoisotopic (exact) mass is 248 g/mol. The maximum atomic E-state index is 11.9. The molecule has 0 N–H and O–H groups in total. The molecule has 3 heteroatoms. The fourth-order valence-corrected chi connectivity index (χ4v) is 3.93. The third kappa shape index (κ3) is 1.56. The molecule has 0 radical (unpaired) electrons. The molecule has 0 spiro atoms. The van der Waals surface area contributed by atoms with Crippen molar-refractivity contribution in [2.75, 3.05) is 0 Å². The lowest BCUT2D eigenvalue weighted by Crippen LogP contribution is -2.23. The average molecular weight is 248 g/mol. The number of ether oxygens (including phenoxy) is 1. The van der Waals surface area contributed by atoms with Crippen LogP contribution in [0, 0.1) is 29.6 Å². The van der Waals surface area contributed by atoms with Crippen LogP contribution < -0.4 is 0 Å². The maximum absolute atomic E-state index is 11.9. The Morgan fingerprint density at radius 3 is 2.56 bits per heavy atom. The minimum Gasteiger partial charge on any atom is -0.462 e. The van der Waals surface area contributed by atoms with Gasteiger partial charge in [0.25, 0.3) is 0 Å². The van der Waals surface area contributed by atoms with Crippen LogP contribution in [0.5, 0.6) is 0 Å². The highest BCUT2D eigenvalue weighted by Crippen LogP contribution is 2.48. The molecule has 0 unspecified atom stereocenters. The Kier molecular flexibility index (Phi) is 2.61. The maximum Gasteiger partial charge on any atom is 0.309 e. The number of carbonyl (C=O) groups is 2. The number of hydrogen-bond acceptors (Lipinski definition) is 3. The molecule has 2 aliphatic carbocycles. The molecule has 1 aliphatic heterocycles. The molecule has 6 atom stereocenters. The Bertz CT molecular complexity index is 437. The van der Waals surface area contributed by atoms with Crippen molar-refractivity contribution in [3.05, 3.63) is 11.6 Å². The van der Waals surface area contributed by atoms with E-state index in [0.717, 1.165) is 12.8 Å². The molecule has 1 saturated heterocycles. The number of rotatable bonds is 0. The smallest absolute Gasteiger partial charge is 0.309 e. The van der Waals surface area contributed by atoms with E-state index in [1.54, 1.807) is 0 Å². The Hall–Kier alpha value is -1.12. The largest absolute Gasteiger partial charge is 0.462 e. The molecule has 0 amide bonds. The van der Waals surface area contributed by atoms with Crippen molar-refractivity contribution < 1.29 is 14.3 Å². The summed E-state index contributed by atoms with van der Waals surface area (Å²) in [4.78, 5) is 23.6. The highest BCUT2D eigenvalue weighted by atomic mass is 16.6. The van der Waals surface area contributed by atoms with E-state index < -0.39 is 0 Å². The molecule has 2 fully saturated rings. The van der Waals surface area contributed by atoms with Gasteiger partial charge in [-0.2, -0.15) is 0 Å². The van der Waals surface area contributed by atoms with E-state index in [0.29, 0.717) is 17.8 Å². The first-order valence-electron chi connectivity index (χ1n) is 6.95. The van der Waals surface area contributed by atoms with E-state index in [4.69, 9.17) is 4.74 Å². The van der Waals surface area contributed by atoms with Gasteiger partial charge in [-0.1, -0.05) is 26.3 Å². The van der Waals surface area contributed by atoms with Gasteiger partial charge in [-0.3, -0.25) is 9.59 Å². The zero-order valence-corrected chi connectivity index (χ0v) is 11.2. The second kappa shape index (κ2) is 3.94. The van der Waals surface area contributed by atoms with Gasteiger partial charge in [-0.05, 0) is 30.8 Å². The van der Waals surface area contributed by atoms with E-state index in [1.165, 1.54) is 5.57 Å². The second-order valence-electron chi connectivity index (χ2n) is 6.24. The summed E-state index contributed by atoms with van der Waals surface area (Å²) >= 11 is 0. The summed E-state index contributed by atoms with van der Waals surface area (Å²) in [5.74, 6) is 1.27. The fraction of sp³-hybridized carbons (Fsp3) is 0.733. The quantitative estimate of drug-likeness (QED) is 0.618. The topological polar surface area (TPSA) is 43.4 Å². The van der Waals surface area contributed by atoms with Gasteiger partial charge in [-0.15, -0.1) is 0 Å². The van der Waals surface area contributed by atoms with Gasteiger partial charge in [0.2, 0.25) is 0 Å². The molecular weight excluding hydrogens is 228 g/mol. The van der Waals surface area contributed by atoms with Crippen molar-refractivity contribution in [3.63, 3.8) is 0 Å². The lowest BCUT2D eigenvalue weighted by Gasteiger charge is -2.22. The number of allylic oxidation sites excluding steroid dienone is 2. The molecule has 0 aromatic carbocycles. The van der Waals surface area contributed by atoms with Crippen LogP contribution in [0.1, 0.15) is 33.6 Å². The highest BCUT2D eigenvalue weighted by Gasteiger charge is 2.49. The molecule has 0 bridgehead atoms. The zero-order valence-electron chi connectivity index (χ0n) is 11.2. The number of esters is 1. The summed E-state index contributed by atoms with van der Waals surface area (Å²) < 4.78 is 5.50. The third-order valence-electron chi connectivity index (χ3n) is 5.23. The second-order valence-corrected chi connectivity index (χ2v) is 6.24. The minimum atomic E-state index is -0.0541. The van der Waals surface area contributed by atoms with Crippen LogP contribution in [0.25, 0.3) is 0 Å². The Balaban J connectivity index is 1.93. The van der Waals surface area contributed by atoms with Crippen molar-refractivity contribution >= 4 is 11.8 Å². The Morgan fingerprint density at radius 2 is 1.83 bits per heavy atom.